The van der Waals surface area contributed by atoms with E-state index in [1.54, 1.807) is 36.4 Å². The van der Waals surface area contributed by atoms with Gasteiger partial charge in [-0.1, -0.05) is 17.7 Å². The van der Waals surface area contributed by atoms with E-state index in [-0.39, 0.29) is 11.7 Å². The van der Waals surface area contributed by atoms with Crippen molar-refractivity contribution in [2.75, 3.05) is 12.4 Å². The molecule has 0 bridgehead atoms. The van der Waals surface area contributed by atoms with Crippen LogP contribution in [0.4, 0.5) is 5.69 Å². The van der Waals surface area contributed by atoms with Crippen molar-refractivity contribution < 1.29 is 14.6 Å². The lowest BCUT2D eigenvalue weighted by atomic mass is 10.0. The highest BCUT2D eigenvalue weighted by Gasteiger charge is 2.24. The van der Waals surface area contributed by atoms with E-state index in [4.69, 9.17) is 16.3 Å². The standard InChI is InChI=1S/C16H12ClNO3/c1-21-15-7-9(2-5-14(15)19)6-12-11-8-10(17)3-4-13(11)18-16(12)20/h2-8,19H,1H3,(H,18,20)/b12-6+. The van der Waals surface area contributed by atoms with Crippen LogP contribution >= 0.6 is 11.6 Å². The van der Waals surface area contributed by atoms with Crippen molar-refractivity contribution in [3.8, 4) is 11.5 Å². The van der Waals surface area contributed by atoms with Gasteiger partial charge in [0.15, 0.2) is 11.5 Å². The first-order valence-electron chi connectivity index (χ1n) is 6.28. The highest BCUT2D eigenvalue weighted by Crippen LogP contribution is 2.36. The van der Waals surface area contributed by atoms with Crippen molar-refractivity contribution in [2.45, 2.75) is 0 Å². The number of rotatable bonds is 2. The summed E-state index contributed by atoms with van der Waals surface area (Å²) in [7, 11) is 1.48. The maximum atomic E-state index is 12.1. The predicted octanol–water partition coefficient (Wildman–Crippen LogP) is 3.55. The Kier molecular flexibility index (Phi) is 3.31. The van der Waals surface area contributed by atoms with Crippen molar-refractivity contribution in [3.63, 3.8) is 0 Å². The fourth-order valence-electron chi connectivity index (χ4n) is 2.25. The number of anilines is 1. The van der Waals surface area contributed by atoms with Crippen molar-refractivity contribution in [2.24, 2.45) is 0 Å². The summed E-state index contributed by atoms with van der Waals surface area (Å²) in [6, 6.07) is 10.1. The molecule has 0 saturated carbocycles. The van der Waals surface area contributed by atoms with Crippen LogP contribution in [0.3, 0.4) is 0 Å². The molecule has 0 spiro atoms. The Labute approximate surface area is 126 Å². The molecule has 2 aromatic carbocycles. The van der Waals surface area contributed by atoms with Gasteiger partial charge in [0.2, 0.25) is 0 Å². The quantitative estimate of drug-likeness (QED) is 0.834. The molecule has 2 N–H and O–H groups in total. The fourth-order valence-corrected chi connectivity index (χ4v) is 2.43. The Morgan fingerprint density at radius 3 is 2.81 bits per heavy atom. The van der Waals surface area contributed by atoms with Crippen molar-refractivity contribution >= 4 is 34.8 Å². The molecule has 0 aliphatic carbocycles. The molecule has 0 aromatic heterocycles. The number of phenols is 1. The molecule has 1 aliphatic rings. The van der Waals surface area contributed by atoms with Crippen LogP contribution in [0.25, 0.3) is 11.6 Å². The van der Waals surface area contributed by atoms with Crippen LogP contribution in [-0.4, -0.2) is 18.1 Å². The number of hydrogen-bond donors (Lipinski definition) is 2. The molecule has 5 heteroatoms. The molecule has 0 saturated heterocycles. The Hall–Kier alpha value is -2.46. The average Bonchev–Trinajstić information content (AvgIpc) is 2.77. The van der Waals surface area contributed by atoms with Gasteiger partial charge >= 0.3 is 0 Å². The van der Waals surface area contributed by atoms with Gasteiger partial charge in [0, 0.05) is 21.8 Å². The number of benzene rings is 2. The molecular weight excluding hydrogens is 290 g/mol. The molecular formula is C16H12ClNO3. The van der Waals surface area contributed by atoms with Gasteiger partial charge in [-0.3, -0.25) is 4.79 Å². The zero-order chi connectivity index (χ0) is 15.0. The lowest BCUT2D eigenvalue weighted by Gasteiger charge is -2.04. The third kappa shape index (κ3) is 2.45. The van der Waals surface area contributed by atoms with Crippen LogP contribution in [0.15, 0.2) is 36.4 Å². The van der Waals surface area contributed by atoms with E-state index in [9.17, 15) is 9.90 Å². The first-order valence-corrected chi connectivity index (χ1v) is 6.66. The molecule has 3 rings (SSSR count). The number of carbonyl (C=O) groups is 1. The van der Waals surface area contributed by atoms with E-state index in [2.05, 4.69) is 5.32 Å². The second-order valence-electron chi connectivity index (χ2n) is 4.63. The number of nitrogens with one attached hydrogen (secondary N) is 1. The average molecular weight is 302 g/mol. The summed E-state index contributed by atoms with van der Waals surface area (Å²) in [4.78, 5) is 12.1. The molecule has 0 atom stereocenters. The highest BCUT2D eigenvalue weighted by atomic mass is 35.5. The van der Waals surface area contributed by atoms with E-state index in [0.29, 0.717) is 16.3 Å². The van der Waals surface area contributed by atoms with Gasteiger partial charge in [0.1, 0.15) is 0 Å². The number of halogens is 1. The molecule has 1 aliphatic heterocycles. The maximum absolute atomic E-state index is 12.1. The van der Waals surface area contributed by atoms with Gasteiger partial charge in [0.05, 0.1) is 7.11 Å². The molecule has 4 nitrogen and oxygen atoms in total. The fraction of sp³-hybridized carbons (Fsp3) is 0.0625. The normalized spacial score (nSPS) is 15.0. The minimum absolute atomic E-state index is 0.0546. The van der Waals surface area contributed by atoms with Crippen LogP contribution < -0.4 is 10.1 Å². The molecule has 21 heavy (non-hydrogen) atoms. The second-order valence-corrected chi connectivity index (χ2v) is 5.07. The van der Waals surface area contributed by atoms with Gasteiger partial charge in [-0.25, -0.2) is 0 Å². The van der Waals surface area contributed by atoms with Gasteiger partial charge in [0.25, 0.3) is 5.91 Å². The number of methoxy groups -OCH3 is 1. The number of amides is 1. The SMILES string of the molecule is COc1cc(/C=C2/C(=O)Nc3ccc(Cl)cc32)ccc1O. The summed E-state index contributed by atoms with van der Waals surface area (Å²) in [5.74, 6) is 0.229. The molecule has 2 aromatic rings. The first-order chi connectivity index (χ1) is 10.1. The zero-order valence-corrected chi connectivity index (χ0v) is 11.9. The maximum Gasteiger partial charge on any atom is 0.256 e. The number of phenolic OH excluding ortho intramolecular Hbond substituents is 1. The Morgan fingerprint density at radius 2 is 2.05 bits per heavy atom. The summed E-state index contributed by atoms with van der Waals surface area (Å²) in [6.07, 6.45) is 1.74. The number of aromatic hydroxyl groups is 1. The molecule has 1 heterocycles. The lowest BCUT2D eigenvalue weighted by Crippen LogP contribution is -2.03. The van der Waals surface area contributed by atoms with Crippen LogP contribution in [0.1, 0.15) is 11.1 Å². The summed E-state index contributed by atoms with van der Waals surface area (Å²) in [5, 5.41) is 13.0. The van der Waals surface area contributed by atoms with Crippen molar-refractivity contribution in [3.05, 3.63) is 52.5 Å². The van der Waals surface area contributed by atoms with Gasteiger partial charge in [-0.15, -0.1) is 0 Å². The second kappa shape index (κ2) is 5.14. The van der Waals surface area contributed by atoms with Crippen LogP contribution in [0, 0.1) is 0 Å². The minimum Gasteiger partial charge on any atom is -0.504 e. The molecule has 0 fully saturated rings. The molecule has 1 amide bonds. The topological polar surface area (TPSA) is 58.6 Å². The Balaban J connectivity index is 2.08. The van der Waals surface area contributed by atoms with Gasteiger partial charge < -0.3 is 15.2 Å². The summed E-state index contributed by atoms with van der Waals surface area (Å²) in [5.41, 5.74) is 2.78. The third-order valence-electron chi connectivity index (χ3n) is 3.28. The van der Waals surface area contributed by atoms with Crippen LogP contribution in [0.5, 0.6) is 11.5 Å². The predicted molar refractivity (Wildman–Crippen MR) is 82.6 cm³/mol. The van der Waals surface area contributed by atoms with E-state index < -0.39 is 0 Å². The van der Waals surface area contributed by atoms with Gasteiger partial charge in [-0.05, 0) is 42.0 Å². The number of fused-ring (bicyclic) bond motifs is 1. The highest BCUT2D eigenvalue weighted by molar-refractivity contribution is 6.36. The zero-order valence-electron chi connectivity index (χ0n) is 11.2. The summed E-state index contributed by atoms with van der Waals surface area (Å²) in [6.45, 7) is 0. The van der Waals surface area contributed by atoms with Crippen molar-refractivity contribution in [1.29, 1.82) is 0 Å². The van der Waals surface area contributed by atoms with E-state index in [1.807, 2.05) is 0 Å². The Morgan fingerprint density at radius 1 is 1.24 bits per heavy atom. The largest absolute Gasteiger partial charge is 0.504 e. The lowest BCUT2D eigenvalue weighted by molar-refractivity contribution is -0.110. The molecule has 0 radical (unpaired) electrons. The monoisotopic (exact) mass is 301 g/mol. The first kappa shape index (κ1) is 13.5. The van der Waals surface area contributed by atoms with E-state index in [0.717, 1.165) is 16.8 Å². The number of hydrogen-bond acceptors (Lipinski definition) is 3. The summed E-state index contributed by atoms with van der Waals surface area (Å²) < 4.78 is 5.06. The number of ether oxygens (including phenoxy) is 1. The van der Waals surface area contributed by atoms with E-state index in [1.165, 1.54) is 13.2 Å². The minimum atomic E-state index is -0.181. The van der Waals surface area contributed by atoms with Crippen LogP contribution in [0.2, 0.25) is 5.02 Å². The number of carbonyl (C=O) groups excluding carboxylic acids is 1. The summed E-state index contributed by atoms with van der Waals surface area (Å²) >= 11 is 5.99. The van der Waals surface area contributed by atoms with Crippen molar-refractivity contribution in [1.82, 2.24) is 0 Å². The third-order valence-corrected chi connectivity index (χ3v) is 3.51. The van der Waals surface area contributed by atoms with Crippen LogP contribution in [-0.2, 0) is 4.79 Å². The van der Waals surface area contributed by atoms with E-state index >= 15 is 0 Å². The molecule has 106 valence electrons. The smallest absolute Gasteiger partial charge is 0.256 e. The van der Waals surface area contributed by atoms with Gasteiger partial charge in [-0.2, -0.15) is 0 Å². The Bertz CT molecular complexity index is 768. The molecule has 0 unspecified atom stereocenters.